The van der Waals surface area contributed by atoms with Crippen LogP contribution >= 0.6 is 0 Å². The molecule has 0 fully saturated rings. The summed E-state index contributed by atoms with van der Waals surface area (Å²) < 4.78 is 0. The number of amides is 1. The van der Waals surface area contributed by atoms with Gasteiger partial charge in [0.15, 0.2) is 0 Å². The molecule has 0 aliphatic rings. The minimum Gasteiger partial charge on any atom is -0.338 e. The largest absolute Gasteiger partial charge is 0.338 e. The van der Waals surface area contributed by atoms with Crippen LogP contribution in [0.2, 0.25) is 0 Å². The van der Waals surface area contributed by atoms with Crippen LogP contribution in [0.25, 0.3) is 0 Å². The summed E-state index contributed by atoms with van der Waals surface area (Å²) in [5, 5.41) is 0. The normalized spacial score (nSPS) is 14.4. The summed E-state index contributed by atoms with van der Waals surface area (Å²) in [7, 11) is 0. The Hall–Kier alpha value is -0.610. The SMILES string of the molecule is CCCN(C(=O)CC)C(CC(C)(C)N)C(C)(C)N. The van der Waals surface area contributed by atoms with Crippen LogP contribution in [0.3, 0.4) is 0 Å². The maximum atomic E-state index is 12.1. The second kappa shape index (κ2) is 6.53. The molecular formula is C14H31N3O. The summed E-state index contributed by atoms with van der Waals surface area (Å²) in [6.45, 7) is 12.6. The molecule has 0 saturated heterocycles. The van der Waals surface area contributed by atoms with Gasteiger partial charge in [0, 0.05) is 24.0 Å². The molecule has 0 bridgehead atoms. The Kier molecular flexibility index (Phi) is 6.30. The van der Waals surface area contributed by atoms with Gasteiger partial charge in [-0.1, -0.05) is 13.8 Å². The Morgan fingerprint density at radius 3 is 1.94 bits per heavy atom. The monoisotopic (exact) mass is 257 g/mol. The van der Waals surface area contributed by atoms with Gasteiger partial charge in [-0.2, -0.15) is 0 Å². The first kappa shape index (κ1) is 17.4. The molecule has 1 amide bonds. The van der Waals surface area contributed by atoms with Gasteiger partial charge in [-0.25, -0.2) is 0 Å². The first-order valence-corrected chi connectivity index (χ1v) is 6.90. The summed E-state index contributed by atoms with van der Waals surface area (Å²) in [5.41, 5.74) is 11.6. The Bertz CT molecular complexity index is 263. The van der Waals surface area contributed by atoms with E-state index in [0.717, 1.165) is 13.0 Å². The second-order valence-electron chi connectivity index (χ2n) is 6.47. The molecule has 0 heterocycles. The number of nitrogens with two attached hydrogens (primary N) is 2. The van der Waals surface area contributed by atoms with Crippen molar-refractivity contribution in [2.24, 2.45) is 11.5 Å². The van der Waals surface area contributed by atoms with Gasteiger partial charge in [0.2, 0.25) is 5.91 Å². The number of nitrogens with zero attached hydrogens (tertiary/aromatic N) is 1. The third kappa shape index (κ3) is 5.83. The van der Waals surface area contributed by atoms with Crippen LogP contribution in [0.15, 0.2) is 0 Å². The molecule has 4 N–H and O–H groups in total. The van der Waals surface area contributed by atoms with Crippen molar-refractivity contribution in [2.75, 3.05) is 6.54 Å². The van der Waals surface area contributed by atoms with Crippen molar-refractivity contribution in [1.29, 1.82) is 0 Å². The predicted molar refractivity (Wildman–Crippen MR) is 77.2 cm³/mol. The van der Waals surface area contributed by atoms with Crippen LogP contribution in [0.1, 0.15) is 60.8 Å². The molecule has 0 aromatic heterocycles. The summed E-state index contributed by atoms with van der Waals surface area (Å²) in [5.74, 6) is 0.157. The smallest absolute Gasteiger partial charge is 0.222 e. The van der Waals surface area contributed by atoms with Gasteiger partial charge in [-0.3, -0.25) is 4.79 Å². The van der Waals surface area contributed by atoms with Crippen molar-refractivity contribution in [3.8, 4) is 0 Å². The van der Waals surface area contributed by atoms with Gasteiger partial charge in [0.25, 0.3) is 0 Å². The van der Waals surface area contributed by atoms with Gasteiger partial charge in [-0.15, -0.1) is 0 Å². The molecule has 0 saturated carbocycles. The lowest BCUT2D eigenvalue weighted by Gasteiger charge is -2.43. The Morgan fingerprint density at radius 1 is 1.17 bits per heavy atom. The Morgan fingerprint density at radius 2 is 1.67 bits per heavy atom. The van der Waals surface area contributed by atoms with Gasteiger partial charge in [0.1, 0.15) is 0 Å². The molecule has 4 heteroatoms. The first-order chi connectivity index (χ1) is 8.03. The number of hydrogen-bond acceptors (Lipinski definition) is 3. The highest BCUT2D eigenvalue weighted by Crippen LogP contribution is 2.23. The average Bonchev–Trinajstić information content (AvgIpc) is 2.19. The fraction of sp³-hybridized carbons (Fsp3) is 0.929. The second-order valence-corrected chi connectivity index (χ2v) is 6.47. The molecule has 18 heavy (non-hydrogen) atoms. The highest BCUT2D eigenvalue weighted by Gasteiger charge is 2.35. The van der Waals surface area contributed by atoms with Gasteiger partial charge in [-0.05, 0) is 40.5 Å². The van der Waals surface area contributed by atoms with E-state index in [2.05, 4.69) is 6.92 Å². The van der Waals surface area contributed by atoms with Gasteiger partial charge < -0.3 is 16.4 Å². The lowest BCUT2D eigenvalue weighted by atomic mass is 9.84. The molecular weight excluding hydrogens is 226 g/mol. The van der Waals surface area contributed by atoms with E-state index < -0.39 is 5.54 Å². The highest BCUT2D eigenvalue weighted by molar-refractivity contribution is 5.76. The maximum absolute atomic E-state index is 12.1. The van der Waals surface area contributed by atoms with Crippen molar-refractivity contribution in [3.05, 3.63) is 0 Å². The third-order valence-corrected chi connectivity index (χ3v) is 3.04. The minimum atomic E-state index is -0.448. The summed E-state index contributed by atoms with van der Waals surface area (Å²) in [4.78, 5) is 14.0. The fourth-order valence-electron chi connectivity index (χ4n) is 2.17. The first-order valence-electron chi connectivity index (χ1n) is 6.90. The van der Waals surface area contributed by atoms with Crippen LogP contribution in [0, 0.1) is 0 Å². The molecule has 0 aliphatic carbocycles. The van der Waals surface area contributed by atoms with Crippen molar-refractivity contribution >= 4 is 5.91 Å². The zero-order valence-corrected chi connectivity index (χ0v) is 12.9. The molecule has 0 rings (SSSR count). The third-order valence-electron chi connectivity index (χ3n) is 3.04. The molecule has 0 aromatic carbocycles. The maximum Gasteiger partial charge on any atom is 0.222 e. The van der Waals surface area contributed by atoms with E-state index in [1.807, 2.05) is 39.5 Å². The lowest BCUT2D eigenvalue weighted by molar-refractivity contribution is -0.135. The Labute approximate surface area is 112 Å². The van der Waals surface area contributed by atoms with E-state index in [9.17, 15) is 4.79 Å². The molecule has 4 nitrogen and oxygen atoms in total. The molecule has 1 unspecified atom stereocenters. The van der Waals surface area contributed by atoms with Crippen molar-refractivity contribution in [3.63, 3.8) is 0 Å². The van der Waals surface area contributed by atoms with E-state index in [1.54, 1.807) is 0 Å². The average molecular weight is 257 g/mol. The number of carbonyl (C=O) groups is 1. The quantitative estimate of drug-likeness (QED) is 0.731. The minimum absolute atomic E-state index is 0.0232. The molecule has 0 radical (unpaired) electrons. The zero-order chi connectivity index (χ0) is 14.6. The van der Waals surface area contributed by atoms with E-state index in [4.69, 9.17) is 11.5 Å². The number of rotatable bonds is 7. The summed E-state index contributed by atoms with van der Waals surface area (Å²) in [6.07, 6.45) is 2.16. The molecule has 0 spiro atoms. The van der Waals surface area contributed by atoms with E-state index in [-0.39, 0.29) is 17.5 Å². The molecule has 1 atom stereocenters. The Balaban J connectivity index is 5.17. The van der Waals surface area contributed by atoms with Crippen LogP contribution in [0.4, 0.5) is 0 Å². The van der Waals surface area contributed by atoms with Crippen LogP contribution < -0.4 is 11.5 Å². The van der Waals surface area contributed by atoms with Gasteiger partial charge >= 0.3 is 0 Å². The van der Waals surface area contributed by atoms with Crippen molar-refractivity contribution < 1.29 is 4.79 Å². The van der Waals surface area contributed by atoms with Crippen molar-refractivity contribution in [1.82, 2.24) is 4.90 Å². The number of hydrogen-bond donors (Lipinski definition) is 2. The topological polar surface area (TPSA) is 72.3 Å². The van der Waals surface area contributed by atoms with Crippen LogP contribution in [-0.2, 0) is 4.79 Å². The summed E-state index contributed by atoms with van der Waals surface area (Å²) in [6, 6.07) is -0.0232. The predicted octanol–water partition coefficient (Wildman–Crippen LogP) is 1.87. The van der Waals surface area contributed by atoms with E-state index >= 15 is 0 Å². The zero-order valence-electron chi connectivity index (χ0n) is 12.9. The van der Waals surface area contributed by atoms with E-state index in [1.165, 1.54) is 0 Å². The fourth-order valence-corrected chi connectivity index (χ4v) is 2.17. The lowest BCUT2D eigenvalue weighted by Crippen LogP contribution is -2.59. The number of carbonyl (C=O) groups excluding carboxylic acids is 1. The van der Waals surface area contributed by atoms with Gasteiger partial charge in [0.05, 0.1) is 6.04 Å². The molecule has 108 valence electrons. The standard InChI is InChI=1S/C14H31N3O/c1-7-9-17(12(18)8-2)11(14(5,6)16)10-13(3,4)15/h11H,7-10,15-16H2,1-6H3. The molecule has 0 aromatic rings. The highest BCUT2D eigenvalue weighted by atomic mass is 16.2. The van der Waals surface area contributed by atoms with Crippen LogP contribution in [-0.4, -0.2) is 34.5 Å². The van der Waals surface area contributed by atoms with Crippen molar-refractivity contribution in [2.45, 2.75) is 77.9 Å². The van der Waals surface area contributed by atoms with E-state index in [0.29, 0.717) is 12.8 Å². The van der Waals surface area contributed by atoms with Crippen LogP contribution in [0.5, 0.6) is 0 Å². The summed E-state index contributed by atoms with van der Waals surface area (Å²) >= 11 is 0. The molecule has 0 aliphatic heterocycles.